The highest BCUT2D eigenvalue weighted by atomic mass is 35.5. The second-order valence-electron chi connectivity index (χ2n) is 3.17. The van der Waals surface area contributed by atoms with E-state index in [1.165, 1.54) is 0 Å². The average Bonchev–Trinajstić information content (AvgIpc) is 2.31. The minimum absolute atomic E-state index is 0.454. The van der Waals surface area contributed by atoms with E-state index in [9.17, 15) is 0 Å². The van der Waals surface area contributed by atoms with E-state index in [1.54, 1.807) is 24.8 Å². The van der Waals surface area contributed by atoms with E-state index in [2.05, 4.69) is 15.0 Å². The lowest BCUT2D eigenvalue weighted by atomic mass is 10.2. The van der Waals surface area contributed by atoms with Gasteiger partial charge in [0.25, 0.3) is 0 Å². The quantitative estimate of drug-likeness (QED) is 0.743. The summed E-state index contributed by atoms with van der Waals surface area (Å²) in [5.41, 5.74) is 2.10. The first-order valence-corrected chi connectivity index (χ1v) is 5.16. The van der Waals surface area contributed by atoms with Crippen LogP contribution in [0.5, 0.6) is 0 Å². The second kappa shape index (κ2) is 4.84. The first kappa shape index (κ1) is 10.1. The third kappa shape index (κ3) is 2.73. The molecule has 2 rings (SSSR count). The van der Waals surface area contributed by atoms with E-state index < -0.39 is 0 Å². The summed E-state index contributed by atoms with van der Waals surface area (Å²) in [6, 6.07) is 3.91. The van der Waals surface area contributed by atoms with Crippen molar-refractivity contribution in [1.82, 2.24) is 15.0 Å². The second-order valence-corrected chi connectivity index (χ2v) is 3.44. The molecule has 2 heterocycles. The van der Waals surface area contributed by atoms with Crippen LogP contribution in [0, 0.1) is 0 Å². The van der Waals surface area contributed by atoms with Crippen molar-refractivity contribution < 1.29 is 0 Å². The Bertz CT molecular complexity index is 414. The van der Waals surface area contributed by atoms with Crippen molar-refractivity contribution in [3.05, 3.63) is 53.9 Å². The summed E-state index contributed by atoms with van der Waals surface area (Å²) < 4.78 is 0. The van der Waals surface area contributed by atoms with Crippen LogP contribution in [0.3, 0.4) is 0 Å². The highest BCUT2D eigenvalue weighted by molar-refractivity contribution is 6.17. The molecule has 0 atom stereocenters. The molecule has 0 aromatic carbocycles. The van der Waals surface area contributed by atoms with Crippen molar-refractivity contribution >= 4 is 11.6 Å². The lowest BCUT2D eigenvalue weighted by molar-refractivity contribution is 0.950. The Balaban J connectivity index is 2.11. The smallest absolute Gasteiger partial charge is 0.132 e. The lowest BCUT2D eigenvalue weighted by Crippen LogP contribution is -1.97. The van der Waals surface area contributed by atoms with E-state index >= 15 is 0 Å². The summed E-state index contributed by atoms with van der Waals surface area (Å²) in [6.07, 6.45) is 7.78. The lowest BCUT2D eigenvalue weighted by Gasteiger charge is -2.00. The number of hydrogen-bond donors (Lipinski definition) is 0. The van der Waals surface area contributed by atoms with Gasteiger partial charge in [0.1, 0.15) is 5.82 Å². The van der Waals surface area contributed by atoms with E-state index in [0.29, 0.717) is 5.88 Å². The number of halogens is 1. The molecule has 0 N–H and O–H groups in total. The van der Waals surface area contributed by atoms with Crippen LogP contribution in [0.2, 0.25) is 0 Å². The molecule has 0 unspecified atom stereocenters. The predicted octanol–water partition coefficient (Wildman–Crippen LogP) is 2.20. The summed E-state index contributed by atoms with van der Waals surface area (Å²) in [6.45, 7) is 0. The Hall–Kier alpha value is -1.48. The van der Waals surface area contributed by atoms with E-state index in [0.717, 1.165) is 23.4 Å². The van der Waals surface area contributed by atoms with Gasteiger partial charge in [0.2, 0.25) is 0 Å². The Morgan fingerprint density at radius 1 is 1.00 bits per heavy atom. The average molecular weight is 220 g/mol. The summed E-state index contributed by atoms with van der Waals surface area (Å²) in [5, 5.41) is 0. The van der Waals surface area contributed by atoms with Crippen LogP contribution < -0.4 is 0 Å². The number of rotatable bonds is 3. The third-order valence-electron chi connectivity index (χ3n) is 2.02. The molecule has 2 aromatic heterocycles. The molecular weight excluding hydrogens is 210 g/mol. The Morgan fingerprint density at radius 2 is 1.67 bits per heavy atom. The van der Waals surface area contributed by atoms with Crippen molar-refractivity contribution in [1.29, 1.82) is 0 Å². The fraction of sp³-hybridized carbons (Fsp3) is 0.182. The first-order chi connectivity index (χ1) is 7.38. The molecule has 0 spiro atoms. The topological polar surface area (TPSA) is 38.7 Å². The van der Waals surface area contributed by atoms with Gasteiger partial charge in [0.15, 0.2) is 0 Å². The highest BCUT2D eigenvalue weighted by Gasteiger charge is 1.98. The van der Waals surface area contributed by atoms with Crippen LogP contribution in [0.4, 0.5) is 0 Å². The van der Waals surface area contributed by atoms with Crippen LogP contribution in [0.15, 0.2) is 36.9 Å². The van der Waals surface area contributed by atoms with E-state index in [-0.39, 0.29) is 0 Å². The van der Waals surface area contributed by atoms with Crippen LogP contribution >= 0.6 is 11.6 Å². The van der Waals surface area contributed by atoms with Gasteiger partial charge in [-0.05, 0) is 17.7 Å². The summed E-state index contributed by atoms with van der Waals surface area (Å²) in [7, 11) is 0. The maximum absolute atomic E-state index is 5.65. The molecule has 15 heavy (non-hydrogen) atoms. The molecule has 3 nitrogen and oxygen atoms in total. The Labute approximate surface area is 93.2 Å². The third-order valence-corrected chi connectivity index (χ3v) is 2.33. The van der Waals surface area contributed by atoms with Gasteiger partial charge in [-0.15, -0.1) is 11.6 Å². The molecule has 0 amide bonds. The number of aromatic nitrogens is 3. The molecule has 0 fully saturated rings. The van der Waals surface area contributed by atoms with Gasteiger partial charge in [-0.1, -0.05) is 0 Å². The Morgan fingerprint density at radius 3 is 2.27 bits per heavy atom. The fourth-order valence-corrected chi connectivity index (χ4v) is 1.36. The summed E-state index contributed by atoms with van der Waals surface area (Å²) >= 11 is 5.65. The largest absolute Gasteiger partial charge is 0.265 e. The molecule has 76 valence electrons. The number of nitrogens with zero attached hydrogens (tertiary/aromatic N) is 3. The predicted molar refractivity (Wildman–Crippen MR) is 58.6 cm³/mol. The normalized spacial score (nSPS) is 10.2. The number of alkyl halides is 1. The summed E-state index contributed by atoms with van der Waals surface area (Å²) in [4.78, 5) is 12.4. The van der Waals surface area contributed by atoms with Gasteiger partial charge >= 0.3 is 0 Å². The maximum atomic E-state index is 5.65. The zero-order valence-corrected chi connectivity index (χ0v) is 8.85. The first-order valence-electron chi connectivity index (χ1n) is 4.63. The van der Waals surface area contributed by atoms with Gasteiger partial charge in [0.05, 0.1) is 5.88 Å². The van der Waals surface area contributed by atoms with E-state index in [4.69, 9.17) is 11.6 Å². The summed E-state index contributed by atoms with van der Waals surface area (Å²) in [5.74, 6) is 1.25. The molecule has 2 aromatic rings. The highest BCUT2D eigenvalue weighted by Crippen LogP contribution is 2.05. The van der Waals surface area contributed by atoms with Crippen molar-refractivity contribution in [3.63, 3.8) is 0 Å². The van der Waals surface area contributed by atoms with Crippen LogP contribution in [-0.4, -0.2) is 15.0 Å². The fourth-order valence-electron chi connectivity index (χ4n) is 1.23. The van der Waals surface area contributed by atoms with Crippen molar-refractivity contribution in [3.8, 4) is 0 Å². The molecule has 0 radical (unpaired) electrons. The van der Waals surface area contributed by atoms with Crippen molar-refractivity contribution in [2.75, 3.05) is 0 Å². The molecule has 0 bridgehead atoms. The maximum Gasteiger partial charge on any atom is 0.132 e. The zero-order chi connectivity index (χ0) is 10.5. The molecule has 0 aliphatic heterocycles. The minimum Gasteiger partial charge on any atom is -0.265 e. The molecular formula is C11H10ClN3. The Kier molecular flexibility index (Phi) is 3.25. The molecule has 0 saturated heterocycles. The zero-order valence-electron chi connectivity index (χ0n) is 8.10. The van der Waals surface area contributed by atoms with Gasteiger partial charge in [-0.25, -0.2) is 9.97 Å². The molecule has 0 aliphatic carbocycles. The van der Waals surface area contributed by atoms with Crippen LogP contribution in [0.1, 0.15) is 17.0 Å². The number of hydrogen-bond acceptors (Lipinski definition) is 3. The van der Waals surface area contributed by atoms with Gasteiger partial charge in [0, 0.05) is 36.8 Å². The van der Waals surface area contributed by atoms with Crippen molar-refractivity contribution in [2.45, 2.75) is 12.3 Å². The number of pyridine rings is 1. The molecule has 0 aliphatic rings. The van der Waals surface area contributed by atoms with Gasteiger partial charge in [-0.3, -0.25) is 4.98 Å². The van der Waals surface area contributed by atoms with Crippen molar-refractivity contribution in [2.24, 2.45) is 0 Å². The van der Waals surface area contributed by atoms with E-state index in [1.807, 2.05) is 12.1 Å². The van der Waals surface area contributed by atoms with Crippen LogP contribution in [-0.2, 0) is 12.3 Å². The monoisotopic (exact) mass is 219 g/mol. The molecule has 0 saturated carbocycles. The van der Waals surface area contributed by atoms with Gasteiger partial charge in [-0.2, -0.15) is 0 Å². The standard InChI is InChI=1S/C11H10ClN3/c12-6-10-7-14-11(15-8-10)5-9-1-3-13-4-2-9/h1-4,7-8H,5-6H2. The SMILES string of the molecule is ClCc1cnc(Cc2ccncc2)nc1. The molecule has 4 heteroatoms. The van der Waals surface area contributed by atoms with Gasteiger partial charge < -0.3 is 0 Å². The van der Waals surface area contributed by atoms with Crippen LogP contribution in [0.25, 0.3) is 0 Å². The minimum atomic E-state index is 0.454.